The van der Waals surface area contributed by atoms with Gasteiger partial charge in [-0.2, -0.15) is 0 Å². The molecule has 38 heavy (non-hydrogen) atoms. The van der Waals surface area contributed by atoms with Crippen molar-refractivity contribution in [2.75, 3.05) is 12.8 Å². The highest BCUT2D eigenvalue weighted by atomic mass is 35.5. The van der Waals surface area contributed by atoms with Gasteiger partial charge in [-0.25, -0.2) is 19.9 Å². The van der Waals surface area contributed by atoms with E-state index in [-0.39, 0.29) is 0 Å². The molecule has 7 aromatic rings. The molecular formula is C29H19Cl2N5O2. The fraction of sp³-hybridized carbons (Fsp3) is 0.0345. The first-order chi connectivity index (χ1) is 18.5. The van der Waals surface area contributed by atoms with E-state index in [2.05, 4.69) is 32.1 Å². The van der Waals surface area contributed by atoms with Crippen LogP contribution in [0.4, 0.5) is 5.82 Å². The molecule has 0 bridgehead atoms. The summed E-state index contributed by atoms with van der Waals surface area (Å²) in [6, 6.07) is 23.9. The van der Waals surface area contributed by atoms with E-state index in [1.54, 1.807) is 7.11 Å². The number of ether oxygens (including phenoxy) is 1. The van der Waals surface area contributed by atoms with Crippen molar-refractivity contribution in [3.8, 4) is 17.0 Å². The summed E-state index contributed by atoms with van der Waals surface area (Å²) >= 11 is 11.9. The molecular weight excluding hydrogens is 521 g/mol. The van der Waals surface area contributed by atoms with Crippen LogP contribution in [0.15, 0.2) is 89.6 Å². The Balaban J connectivity index is 0.000000140. The van der Waals surface area contributed by atoms with Crippen LogP contribution in [0.5, 0.6) is 5.75 Å². The number of hydrogen-bond acceptors (Lipinski definition) is 7. The summed E-state index contributed by atoms with van der Waals surface area (Å²) in [5.74, 6) is 1.01. The van der Waals surface area contributed by atoms with Crippen LogP contribution in [0, 0.1) is 0 Å². The molecule has 0 aliphatic rings. The number of fused-ring (bicyclic) bond motifs is 6. The first-order valence-corrected chi connectivity index (χ1v) is 12.4. The molecule has 3 aromatic heterocycles. The number of methoxy groups -OCH3 is 1. The van der Waals surface area contributed by atoms with Crippen molar-refractivity contribution in [3.63, 3.8) is 0 Å². The highest BCUT2D eigenvalue weighted by Crippen LogP contribution is 2.38. The van der Waals surface area contributed by atoms with Crippen LogP contribution in [0.2, 0.25) is 10.3 Å². The molecule has 0 aliphatic carbocycles. The zero-order chi connectivity index (χ0) is 26.2. The second-order valence-electron chi connectivity index (χ2n) is 8.40. The molecule has 0 amide bonds. The smallest absolute Gasteiger partial charge is 0.246 e. The molecule has 0 aliphatic heterocycles. The van der Waals surface area contributed by atoms with Crippen molar-refractivity contribution in [1.29, 1.82) is 0 Å². The average molecular weight is 540 g/mol. The largest absolute Gasteiger partial charge is 0.496 e. The molecule has 7 rings (SSSR count). The van der Waals surface area contributed by atoms with Crippen molar-refractivity contribution in [2.45, 2.75) is 0 Å². The number of halogens is 2. The molecule has 3 heterocycles. The zero-order valence-electron chi connectivity index (χ0n) is 20.0. The molecule has 0 saturated heterocycles. The fourth-order valence-electron chi connectivity index (χ4n) is 4.51. The van der Waals surface area contributed by atoms with Gasteiger partial charge in [0.15, 0.2) is 0 Å². The first kappa shape index (κ1) is 23.9. The Bertz CT molecular complexity index is 1970. The molecule has 0 saturated carbocycles. The summed E-state index contributed by atoms with van der Waals surface area (Å²) in [4.78, 5) is 16.9. The third-order valence-electron chi connectivity index (χ3n) is 6.16. The molecule has 0 atom stereocenters. The van der Waals surface area contributed by atoms with Gasteiger partial charge in [-0.05, 0) is 33.7 Å². The molecule has 4 aromatic carbocycles. The number of nitrogens with zero attached hydrogens (tertiary/aromatic N) is 4. The molecule has 0 fully saturated rings. The van der Waals surface area contributed by atoms with Gasteiger partial charge in [-0.1, -0.05) is 83.9 Å². The Hall–Kier alpha value is -4.46. The van der Waals surface area contributed by atoms with Gasteiger partial charge in [0.1, 0.15) is 38.7 Å². The summed E-state index contributed by atoms with van der Waals surface area (Å²) in [5, 5.41) is 5.96. The van der Waals surface area contributed by atoms with Crippen LogP contribution in [-0.4, -0.2) is 27.0 Å². The van der Waals surface area contributed by atoms with Gasteiger partial charge < -0.3 is 14.9 Å². The third-order valence-corrected chi connectivity index (χ3v) is 6.53. The van der Waals surface area contributed by atoms with Gasteiger partial charge in [-0.3, -0.25) is 0 Å². The van der Waals surface area contributed by atoms with Gasteiger partial charge in [0.05, 0.1) is 30.5 Å². The normalized spacial score (nSPS) is 11.1. The van der Waals surface area contributed by atoms with Gasteiger partial charge in [-0.15, -0.1) is 0 Å². The molecule has 7 nitrogen and oxygen atoms in total. The second kappa shape index (κ2) is 9.78. The van der Waals surface area contributed by atoms with Crippen molar-refractivity contribution in [1.82, 2.24) is 19.9 Å². The second-order valence-corrected chi connectivity index (χ2v) is 9.17. The minimum absolute atomic E-state index is 0.296. The number of benzene rings is 4. The summed E-state index contributed by atoms with van der Waals surface area (Å²) in [6.45, 7) is 0. The lowest BCUT2D eigenvalue weighted by molar-refractivity contribution is 0.417. The van der Waals surface area contributed by atoms with E-state index in [0.717, 1.165) is 38.1 Å². The van der Waals surface area contributed by atoms with Crippen LogP contribution >= 0.6 is 23.2 Å². The van der Waals surface area contributed by atoms with Gasteiger partial charge in [0, 0.05) is 0 Å². The van der Waals surface area contributed by atoms with Crippen LogP contribution in [0.1, 0.15) is 0 Å². The highest BCUT2D eigenvalue weighted by Gasteiger charge is 2.16. The number of aromatic nitrogens is 4. The monoisotopic (exact) mass is 539 g/mol. The molecule has 2 N–H and O–H groups in total. The number of anilines is 1. The topological polar surface area (TPSA) is 100.0 Å². The van der Waals surface area contributed by atoms with E-state index in [9.17, 15) is 0 Å². The number of nitrogen functional groups attached to an aromatic ring is 1. The first-order valence-electron chi connectivity index (χ1n) is 11.6. The summed E-state index contributed by atoms with van der Waals surface area (Å²) in [5.41, 5.74) is 9.31. The number of furan rings is 1. The summed E-state index contributed by atoms with van der Waals surface area (Å²) in [7, 11) is 1.61. The SMILES string of the molecule is COc1ccc2ccccc2c1-c1nc(Cl)cnc1N.Clc1cnc2oc3ccc4ccccc4c3c2n1. The Morgan fingerprint density at radius 1 is 0.763 bits per heavy atom. The van der Waals surface area contributed by atoms with E-state index in [1.807, 2.05) is 60.7 Å². The molecule has 0 unspecified atom stereocenters. The van der Waals surface area contributed by atoms with E-state index in [0.29, 0.717) is 38.8 Å². The highest BCUT2D eigenvalue weighted by molar-refractivity contribution is 6.30. The molecule has 0 spiro atoms. The Morgan fingerprint density at radius 2 is 1.42 bits per heavy atom. The molecule has 9 heteroatoms. The van der Waals surface area contributed by atoms with E-state index >= 15 is 0 Å². The average Bonchev–Trinajstić information content (AvgIpc) is 3.32. The van der Waals surface area contributed by atoms with E-state index in [1.165, 1.54) is 12.4 Å². The lowest BCUT2D eigenvalue weighted by Gasteiger charge is -2.13. The van der Waals surface area contributed by atoms with Gasteiger partial charge in [0.25, 0.3) is 0 Å². The minimum Gasteiger partial charge on any atom is -0.496 e. The van der Waals surface area contributed by atoms with Crippen LogP contribution in [0.3, 0.4) is 0 Å². The Morgan fingerprint density at radius 3 is 2.21 bits per heavy atom. The quantitative estimate of drug-likeness (QED) is 0.240. The predicted molar refractivity (Wildman–Crippen MR) is 153 cm³/mol. The maximum absolute atomic E-state index is 5.95. The van der Waals surface area contributed by atoms with Crippen LogP contribution < -0.4 is 10.5 Å². The fourth-order valence-corrected chi connectivity index (χ4v) is 4.77. The van der Waals surface area contributed by atoms with Crippen LogP contribution in [-0.2, 0) is 0 Å². The van der Waals surface area contributed by atoms with Crippen LogP contribution in [0.25, 0.3) is 55.0 Å². The van der Waals surface area contributed by atoms with E-state index in [4.69, 9.17) is 38.1 Å². The van der Waals surface area contributed by atoms with E-state index < -0.39 is 0 Å². The molecule has 186 valence electrons. The number of hydrogen-bond donors (Lipinski definition) is 1. The van der Waals surface area contributed by atoms with Crippen molar-refractivity contribution in [2.24, 2.45) is 0 Å². The molecule has 0 radical (unpaired) electrons. The number of nitrogens with two attached hydrogens (primary N) is 1. The lowest BCUT2D eigenvalue weighted by Crippen LogP contribution is -1.99. The maximum atomic E-state index is 5.95. The Labute approximate surface area is 226 Å². The Kier molecular flexibility index (Phi) is 6.15. The standard InChI is InChI=1S/C15H12ClN3O.C14H7ClN2O/c1-20-11-7-6-9-4-2-3-5-10(9)13(11)14-15(17)18-8-12(16)19-14;15-11-7-16-14-13(17-11)12-9-4-2-1-3-8(9)5-6-10(12)18-14/h2-8H,1H3,(H2,17,18);1-7H. The van der Waals surface area contributed by atoms with Crippen molar-refractivity contribution < 1.29 is 9.15 Å². The van der Waals surface area contributed by atoms with Gasteiger partial charge in [0.2, 0.25) is 5.71 Å². The maximum Gasteiger partial charge on any atom is 0.246 e. The minimum atomic E-state index is 0.296. The predicted octanol–water partition coefficient (Wildman–Crippen LogP) is 7.72. The summed E-state index contributed by atoms with van der Waals surface area (Å²) < 4.78 is 11.1. The summed E-state index contributed by atoms with van der Waals surface area (Å²) in [6.07, 6.45) is 2.92. The van der Waals surface area contributed by atoms with Crippen molar-refractivity contribution in [3.05, 3.63) is 95.5 Å². The zero-order valence-corrected chi connectivity index (χ0v) is 21.5. The lowest BCUT2D eigenvalue weighted by atomic mass is 10.0. The van der Waals surface area contributed by atoms with Crippen molar-refractivity contribution >= 4 is 72.8 Å². The van der Waals surface area contributed by atoms with Gasteiger partial charge >= 0.3 is 0 Å². The third kappa shape index (κ3) is 4.22. The number of rotatable bonds is 2.